The highest BCUT2D eigenvalue weighted by atomic mass is 16.5. The minimum Gasteiger partial charge on any atom is -0.497 e. The summed E-state index contributed by atoms with van der Waals surface area (Å²) in [5, 5.41) is 2.92. The van der Waals surface area contributed by atoms with Gasteiger partial charge in [-0.05, 0) is 48.5 Å². The van der Waals surface area contributed by atoms with Crippen LogP contribution in [0.2, 0.25) is 0 Å². The highest BCUT2D eigenvalue weighted by molar-refractivity contribution is 5.92. The number of rotatable bonds is 7. The minimum atomic E-state index is -0.247. The lowest BCUT2D eigenvalue weighted by molar-refractivity contribution is -0.119. The van der Waals surface area contributed by atoms with E-state index in [4.69, 9.17) is 19.2 Å². The standard InChI is InChI=1S/C24H26N4O4/c1-30-19-7-3-17(4-8-19)21-13-25-14-22(27-21)23-15-28(11-12-32-23)16-24(29)26-18-5-9-20(31-2)10-6-18/h3-10,13-14,23H,11-12,15-16H2,1-2H3,(H,26,29)/t23-/m1/s1. The molecule has 1 amide bonds. The first-order valence-corrected chi connectivity index (χ1v) is 10.4. The molecular weight excluding hydrogens is 408 g/mol. The van der Waals surface area contributed by atoms with Crippen molar-refractivity contribution in [2.24, 2.45) is 0 Å². The zero-order valence-corrected chi connectivity index (χ0v) is 18.2. The average Bonchev–Trinajstić information content (AvgIpc) is 2.85. The van der Waals surface area contributed by atoms with E-state index in [1.165, 1.54) is 0 Å². The Balaban J connectivity index is 1.38. The largest absolute Gasteiger partial charge is 0.497 e. The molecule has 166 valence electrons. The van der Waals surface area contributed by atoms with Gasteiger partial charge in [0.05, 0.1) is 51.2 Å². The molecule has 4 rings (SSSR count). The topological polar surface area (TPSA) is 85.8 Å². The van der Waals surface area contributed by atoms with Crippen LogP contribution in [0.5, 0.6) is 11.5 Å². The van der Waals surface area contributed by atoms with Crippen LogP contribution < -0.4 is 14.8 Å². The van der Waals surface area contributed by atoms with Crippen molar-refractivity contribution in [3.63, 3.8) is 0 Å². The number of carbonyl (C=O) groups excluding carboxylic acids is 1. The number of anilines is 1. The number of benzene rings is 2. The lowest BCUT2D eigenvalue weighted by Crippen LogP contribution is -2.42. The van der Waals surface area contributed by atoms with Crippen LogP contribution in [-0.4, -0.2) is 61.2 Å². The van der Waals surface area contributed by atoms with Crippen molar-refractivity contribution in [1.29, 1.82) is 0 Å². The van der Waals surface area contributed by atoms with Gasteiger partial charge >= 0.3 is 0 Å². The van der Waals surface area contributed by atoms with Gasteiger partial charge in [0.25, 0.3) is 0 Å². The molecule has 2 aromatic carbocycles. The molecule has 0 aliphatic carbocycles. The summed E-state index contributed by atoms with van der Waals surface area (Å²) in [6.45, 7) is 2.04. The van der Waals surface area contributed by atoms with Gasteiger partial charge in [-0.1, -0.05) is 0 Å². The average molecular weight is 434 g/mol. The van der Waals surface area contributed by atoms with E-state index in [1.54, 1.807) is 26.6 Å². The maximum atomic E-state index is 12.5. The SMILES string of the molecule is COc1ccc(NC(=O)CN2CCO[C@@H](c3cncc(-c4ccc(OC)cc4)n3)C2)cc1. The van der Waals surface area contributed by atoms with Crippen molar-refractivity contribution in [2.75, 3.05) is 45.8 Å². The molecule has 0 bridgehead atoms. The fourth-order valence-corrected chi connectivity index (χ4v) is 3.54. The highest BCUT2D eigenvalue weighted by Crippen LogP contribution is 2.24. The number of nitrogens with one attached hydrogen (secondary N) is 1. The predicted octanol–water partition coefficient (Wildman–Crippen LogP) is 3.17. The summed E-state index contributed by atoms with van der Waals surface area (Å²) in [7, 11) is 3.25. The quantitative estimate of drug-likeness (QED) is 0.611. The van der Waals surface area contributed by atoms with E-state index in [1.807, 2.05) is 48.5 Å². The van der Waals surface area contributed by atoms with Gasteiger partial charge in [0.1, 0.15) is 17.6 Å². The lowest BCUT2D eigenvalue weighted by atomic mass is 10.1. The summed E-state index contributed by atoms with van der Waals surface area (Å²) in [6.07, 6.45) is 3.20. The molecule has 1 fully saturated rings. The first kappa shape index (κ1) is 21.7. The smallest absolute Gasteiger partial charge is 0.238 e. The number of aromatic nitrogens is 2. The van der Waals surface area contributed by atoms with Crippen LogP contribution in [-0.2, 0) is 9.53 Å². The number of nitrogens with zero attached hydrogens (tertiary/aromatic N) is 3. The molecule has 0 spiro atoms. The number of hydrogen-bond acceptors (Lipinski definition) is 7. The molecular formula is C24H26N4O4. The highest BCUT2D eigenvalue weighted by Gasteiger charge is 2.25. The van der Waals surface area contributed by atoms with E-state index in [0.29, 0.717) is 19.7 Å². The van der Waals surface area contributed by atoms with Crippen LogP contribution in [0.15, 0.2) is 60.9 Å². The number of amides is 1. The molecule has 1 N–H and O–H groups in total. The van der Waals surface area contributed by atoms with Gasteiger partial charge in [-0.3, -0.25) is 14.7 Å². The Morgan fingerprint density at radius 1 is 1.06 bits per heavy atom. The molecule has 8 heteroatoms. The van der Waals surface area contributed by atoms with Gasteiger partial charge in [0.2, 0.25) is 5.91 Å². The number of carbonyl (C=O) groups is 1. The van der Waals surface area contributed by atoms with E-state index in [-0.39, 0.29) is 18.6 Å². The number of ether oxygens (including phenoxy) is 3. The normalized spacial score (nSPS) is 16.4. The second kappa shape index (κ2) is 10.2. The summed E-state index contributed by atoms with van der Waals surface area (Å²) in [5.41, 5.74) is 3.20. The van der Waals surface area contributed by atoms with Crippen LogP contribution >= 0.6 is 0 Å². The van der Waals surface area contributed by atoms with Gasteiger partial charge in [-0.2, -0.15) is 0 Å². The van der Waals surface area contributed by atoms with Gasteiger partial charge < -0.3 is 19.5 Å². The summed E-state index contributed by atoms with van der Waals surface area (Å²) >= 11 is 0. The van der Waals surface area contributed by atoms with E-state index in [0.717, 1.165) is 34.1 Å². The van der Waals surface area contributed by atoms with Crippen LogP contribution in [0.4, 0.5) is 5.69 Å². The number of methoxy groups -OCH3 is 2. The second-order valence-corrected chi connectivity index (χ2v) is 7.43. The molecule has 0 saturated carbocycles. The van der Waals surface area contributed by atoms with Crippen molar-refractivity contribution in [3.8, 4) is 22.8 Å². The molecule has 3 aromatic rings. The molecule has 1 aliphatic rings. The lowest BCUT2D eigenvalue weighted by Gasteiger charge is -2.32. The maximum absolute atomic E-state index is 12.5. The number of morpholine rings is 1. The monoisotopic (exact) mass is 434 g/mol. The van der Waals surface area contributed by atoms with Crippen molar-refractivity contribution < 1.29 is 19.0 Å². The molecule has 1 aromatic heterocycles. The van der Waals surface area contributed by atoms with E-state index < -0.39 is 0 Å². The Bertz CT molecular complexity index is 1040. The first-order chi connectivity index (χ1) is 15.6. The Labute approximate surface area is 187 Å². The Morgan fingerprint density at radius 2 is 1.75 bits per heavy atom. The third-order valence-electron chi connectivity index (χ3n) is 5.26. The molecule has 0 unspecified atom stereocenters. The zero-order valence-electron chi connectivity index (χ0n) is 18.2. The first-order valence-electron chi connectivity index (χ1n) is 10.4. The number of hydrogen-bond donors (Lipinski definition) is 1. The van der Waals surface area contributed by atoms with Gasteiger partial charge in [0.15, 0.2) is 0 Å². The van der Waals surface area contributed by atoms with Crippen molar-refractivity contribution in [1.82, 2.24) is 14.9 Å². The third kappa shape index (κ3) is 5.40. The van der Waals surface area contributed by atoms with Crippen LogP contribution in [0, 0.1) is 0 Å². The minimum absolute atomic E-state index is 0.0751. The maximum Gasteiger partial charge on any atom is 0.238 e. The molecule has 2 heterocycles. The Kier molecular flexibility index (Phi) is 6.94. The van der Waals surface area contributed by atoms with Crippen molar-refractivity contribution in [2.45, 2.75) is 6.10 Å². The predicted molar refractivity (Wildman–Crippen MR) is 121 cm³/mol. The van der Waals surface area contributed by atoms with E-state index in [9.17, 15) is 4.79 Å². The van der Waals surface area contributed by atoms with Crippen LogP contribution in [0.3, 0.4) is 0 Å². The summed E-state index contributed by atoms with van der Waals surface area (Å²) < 4.78 is 16.3. The van der Waals surface area contributed by atoms with Crippen LogP contribution in [0.25, 0.3) is 11.3 Å². The second-order valence-electron chi connectivity index (χ2n) is 7.43. The summed E-state index contributed by atoms with van der Waals surface area (Å²) in [5.74, 6) is 1.46. The van der Waals surface area contributed by atoms with Crippen molar-refractivity contribution >= 4 is 11.6 Å². The summed E-state index contributed by atoms with van der Waals surface area (Å²) in [4.78, 5) is 23.7. The van der Waals surface area contributed by atoms with Crippen LogP contribution in [0.1, 0.15) is 11.8 Å². The van der Waals surface area contributed by atoms with E-state index in [2.05, 4.69) is 15.2 Å². The van der Waals surface area contributed by atoms with Gasteiger partial charge in [-0.15, -0.1) is 0 Å². The van der Waals surface area contributed by atoms with Crippen molar-refractivity contribution in [3.05, 3.63) is 66.6 Å². The molecule has 1 saturated heterocycles. The zero-order chi connectivity index (χ0) is 22.3. The fourth-order valence-electron chi connectivity index (χ4n) is 3.54. The molecule has 8 nitrogen and oxygen atoms in total. The molecule has 1 aliphatic heterocycles. The molecule has 0 radical (unpaired) electrons. The summed E-state index contributed by atoms with van der Waals surface area (Å²) in [6, 6.07) is 14.9. The van der Waals surface area contributed by atoms with Gasteiger partial charge in [0, 0.05) is 24.3 Å². The molecule has 32 heavy (non-hydrogen) atoms. The fraction of sp³-hybridized carbons (Fsp3) is 0.292. The Morgan fingerprint density at radius 3 is 2.44 bits per heavy atom. The molecule has 1 atom stereocenters. The third-order valence-corrected chi connectivity index (χ3v) is 5.26. The van der Waals surface area contributed by atoms with Gasteiger partial charge in [-0.25, -0.2) is 4.98 Å². The van der Waals surface area contributed by atoms with E-state index >= 15 is 0 Å². The Hall–Kier alpha value is -3.49.